The van der Waals surface area contributed by atoms with E-state index < -0.39 is 0 Å². The maximum atomic E-state index is 4.89. The minimum absolute atomic E-state index is 0.513. The smallest absolute Gasteiger partial charge is 0.135 e. The van der Waals surface area contributed by atoms with E-state index in [1.807, 2.05) is 49.4 Å². The van der Waals surface area contributed by atoms with Gasteiger partial charge < -0.3 is 4.84 Å². The van der Waals surface area contributed by atoms with Gasteiger partial charge in [-0.3, -0.25) is 0 Å². The molecule has 0 saturated carbocycles. The van der Waals surface area contributed by atoms with Gasteiger partial charge in [0.1, 0.15) is 6.61 Å². The van der Waals surface area contributed by atoms with Gasteiger partial charge in [-0.15, -0.1) is 0 Å². The van der Waals surface area contributed by atoms with E-state index in [1.54, 1.807) is 6.21 Å². The standard InChI is InChI=1S/C11H13NO/c1-2-12-13-10-6-9-11-7-4-3-5-8-11/h2-9H,10H2,1H3/b9-6+,12-2-. The maximum Gasteiger partial charge on any atom is 0.135 e. The molecule has 0 saturated heterocycles. The molecular formula is C11H13NO. The number of nitrogens with zero attached hydrogens (tertiary/aromatic N) is 1. The van der Waals surface area contributed by atoms with Gasteiger partial charge in [0.2, 0.25) is 0 Å². The van der Waals surface area contributed by atoms with Crippen LogP contribution >= 0.6 is 0 Å². The monoisotopic (exact) mass is 175 g/mol. The van der Waals surface area contributed by atoms with Crippen LogP contribution < -0.4 is 0 Å². The van der Waals surface area contributed by atoms with Crippen LogP contribution in [0.15, 0.2) is 41.6 Å². The number of hydrogen-bond acceptors (Lipinski definition) is 2. The molecule has 0 aromatic heterocycles. The van der Waals surface area contributed by atoms with E-state index in [9.17, 15) is 0 Å². The maximum absolute atomic E-state index is 4.89. The summed E-state index contributed by atoms with van der Waals surface area (Å²) >= 11 is 0. The molecule has 1 aromatic rings. The number of rotatable bonds is 4. The Morgan fingerprint density at radius 3 is 2.77 bits per heavy atom. The van der Waals surface area contributed by atoms with E-state index >= 15 is 0 Å². The van der Waals surface area contributed by atoms with Gasteiger partial charge in [-0.05, 0) is 18.6 Å². The summed E-state index contributed by atoms with van der Waals surface area (Å²) in [6.45, 7) is 2.33. The van der Waals surface area contributed by atoms with Crippen LogP contribution in [0.5, 0.6) is 0 Å². The minimum Gasteiger partial charge on any atom is -0.392 e. The fourth-order valence-corrected chi connectivity index (χ4v) is 0.909. The molecule has 1 aromatic carbocycles. The number of oxime groups is 1. The first-order chi connectivity index (χ1) is 6.43. The van der Waals surface area contributed by atoms with Crippen LogP contribution in [-0.4, -0.2) is 12.8 Å². The first-order valence-electron chi connectivity index (χ1n) is 4.25. The third kappa shape index (κ3) is 4.11. The zero-order valence-electron chi connectivity index (χ0n) is 7.68. The summed E-state index contributed by atoms with van der Waals surface area (Å²) < 4.78 is 0. The van der Waals surface area contributed by atoms with Gasteiger partial charge >= 0.3 is 0 Å². The molecule has 2 heteroatoms. The fraction of sp³-hybridized carbons (Fsp3) is 0.182. The molecule has 1 rings (SSSR count). The second kappa shape index (κ2) is 6.00. The van der Waals surface area contributed by atoms with Crippen LogP contribution in [-0.2, 0) is 4.84 Å². The molecule has 0 aliphatic rings. The third-order valence-corrected chi connectivity index (χ3v) is 1.46. The van der Waals surface area contributed by atoms with E-state index in [4.69, 9.17) is 4.84 Å². The Hall–Kier alpha value is -1.57. The normalized spacial score (nSPS) is 11.2. The quantitative estimate of drug-likeness (QED) is 0.391. The van der Waals surface area contributed by atoms with Crippen molar-refractivity contribution in [2.75, 3.05) is 6.61 Å². The average Bonchev–Trinajstić information content (AvgIpc) is 2.19. The Labute approximate surface area is 78.5 Å². The molecule has 68 valence electrons. The molecule has 0 aliphatic carbocycles. The molecule has 0 unspecified atom stereocenters. The summed E-state index contributed by atoms with van der Waals surface area (Å²) in [6.07, 6.45) is 5.56. The van der Waals surface area contributed by atoms with Gasteiger partial charge in [-0.1, -0.05) is 41.6 Å². The van der Waals surface area contributed by atoms with Crippen LogP contribution in [0.2, 0.25) is 0 Å². The van der Waals surface area contributed by atoms with Crippen LogP contribution in [0.4, 0.5) is 0 Å². The largest absolute Gasteiger partial charge is 0.392 e. The average molecular weight is 175 g/mol. The van der Waals surface area contributed by atoms with Crippen LogP contribution in [0.1, 0.15) is 12.5 Å². The SMILES string of the molecule is C/C=N\OC/C=C/c1ccccc1. The van der Waals surface area contributed by atoms with Crippen LogP contribution in [0.3, 0.4) is 0 Å². The molecular weight excluding hydrogens is 162 g/mol. The van der Waals surface area contributed by atoms with Crippen molar-refractivity contribution in [2.24, 2.45) is 5.16 Å². The first-order valence-corrected chi connectivity index (χ1v) is 4.25. The summed E-state index contributed by atoms with van der Waals surface area (Å²) in [5.74, 6) is 0. The summed E-state index contributed by atoms with van der Waals surface area (Å²) in [7, 11) is 0. The molecule has 0 atom stereocenters. The zero-order chi connectivity index (χ0) is 9.36. The van der Waals surface area contributed by atoms with Gasteiger partial charge in [0, 0.05) is 6.21 Å². The Morgan fingerprint density at radius 1 is 1.31 bits per heavy atom. The highest BCUT2D eigenvalue weighted by atomic mass is 16.6. The van der Waals surface area contributed by atoms with Gasteiger partial charge in [0.25, 0.3) is 0 Å². The highest BCUT2D eigenvalue weighted by molar-refractivity contribution is 5.52. The van der Waals surface area contributed by atoms with Crippen LogP contribution in [0.25, 0.3) is 6.08 Å². The molecule has 0 spiro atoms. The van der Waals surface area contributed by atoms with Crippen molar-refractivity contribution in [3.63, 3.8) is 0 Å². The van der Waals surface area contributed by atoms with Gasteiger partial charge in [-0.25, -0.2) is 0 Å². The number of benzene rings is 1. The van der Waals surface area contributed by atoms with E-state index in [0.29, 0.717) is 6.61 Å². The lowest BCUT2D eigenvalue weighted by Crippen LogP contribution is -1.80. The third-order valence-electron chi connectivity index (χ3n) is 1.46. The summed E-state index contributed by atoms with van der Waals surface area (Å²) in [5, 5.41) is 3.63. The van der Waals surface area contributed by atoms with Crippen molar-refractivity contribution >= 4 is 12.3 Å². The van der Waals surface area contributed by atoms with Gasteiger partial charge in [0.15, 0.2) is 0 Å². The molecule has 0 aliphatic heterocycles. The summed E-state index contributed by atoms with van der Waals surface area (Å²) in [6, 6.07) is 10.1. The van der Waals surface area contributed by atoms with Crippen LogP contribution in [0, 0.1) is 0 Å². The Balaban J connectivity index is 2.32. The lowest BCUT2D eigenvalue weighted by atomic mass is 10.2. The molecule has 0 N–H and O–H groups in total. The van der Waals surface area contributed by atoms with Crippen molar-refractivity contribution in [1.82, 2.24) is 0 Å². The molecule has 2 nitrogen and oxygen atoms in total. The zero-order valence-corrected chi connectivity index (χ0v) is 7.68. The second-order valence-corrected chi connectivity index (χ2v) is 2.47. The Bertz CT molecular complexity index is 277. The Morgan fingerprint density at radius 2 is 2.08 bits per heavy atom. The minimum atomic E-state index is 0.513. The molecule has 0 heterocycles. The molecule has 0 fully saturated rings. The van der Waals surface area contributed by atoms with Crippen molar-refractivity contribution < 1.29 is 4.84 Å². The lowest BCUT2D eigenvalue weighted by molar-refractivity contribution is 0.176. The van der Waals surface area contributed by atoms with Gasteiger partial charge in [-0.2, -0.15) is 0 Å². The number of hydrogen-bond donors (Lipinski definition) is 0. The first kappa shape index (κ1) is 9.52. The molecule has 0 amide bonds. The lowest BCUT2D eigenvalue weighted by Gasteiger charge is -1.92. The topological polar surface area (TPSA) is 21.6 Å². The summed E-state index contributed by atoms with van der Waals surface area (Å²) in [4.78, 5) is 4.89. The second-order valence-electron chi connectivity index (χ2n) is 2.47. The van der Waals surface area contributed by atoms with E-state index in [-0.39, 0.29) is 0 Å². The Kier molecular flexibility index (Phi) is 4.39. The predicted molar refractivity (Wildman–Crippen MR) is 55.6 cm³/mol. The predicted octanol–water partition coefficient (Wildman–Crippen LogP) is 2.72. The molecule has 13 heavy (non-hydrogen) atoms. The highest BCUT2D eigenvalue weighted by Crippen LogP contribution is 2.00. The van der Waals surface area contributed by atoms with Crippen molar-refractivity contribution in [3.8, 4) is 0 Å². The van der Waals surface area contributed by atoms with Crippen molar-refractivity contribution in [2.45, 2.75) is 6.92 Å². The molecule has 0 radical (unpaired) electrons. The van der Waals surface area contributed by atoms with E-state index in [0.717, 1.165) is 0 Å². The summed E-state index contributed by atoms with van der Waals surface area (Å²) in [5.41, 5.74) is 1.17. The van der Waals surface area contributed by atoms with Crippen molar-refractivity contribution in [1.29, 1.82) is 0 Å². The van der Waals surface area contributed by atoms with E-state index in [1.165, 1.54) is 5.56 Å². The highest BCUT2D eigenvalue weighted by Gasteiger charge is 1.81. The fourth-order valence-electron chi connectivity index (χ4n) is 0.909. The van der Waals surface area contributed by atoms with Crippen molar-refractivity contribution in [3.05, 3.63) is 42.0 Å². The van der Waals surface area contributed by atoms with Gasteiger partial charge in [0.05, 0.1) is 0 Å². The van der Waals surface area contributed by atoms with E-state index in [2.05, 4.69) is 5.16 Å². The molecule has 0 bridgehead atoms.